The average molecular weight is 255 g/mol. The van der Waals surface area contributed by atoms with Crippen LogP contribution in [0.3, 0.4) is 0 Å². The van der Waals surface area contributed by atoms with Crippen molar-refractivity contribution < 1.29 is 26.6 Å². The highest BCUT2D eigenvalue weighted by atomic mass is 32.3. The lowest BCUT2D eigenvalue weighted by Crippen LogP contribution is -2.04. The normalized spacial score (nSPS) is 13.9. The first-order valence-electron chi connectivity index (χ1n) is 3.50. The maximum Gasteiger partial charge on any atom is 0.294 e. The number of rotatable bonds is 2. The van der Waals surface area contributed by atoms with Crippen LogP contribution in [0.25, 0.3) is 0 Å². The highest BCUT2D eigenvalue weighted by molar-refractivity contribution is 8.19. The first kappa shape index (κ1) is 12.2. The van der Waals surface area contributed by atoms with Gasteiger partial charge in [0.05, 0.1) is 15.5 Å². The predicted octanol–water partition coefficient (Wildman–Crippen LogP) is 1.10. The third-order valence-corrected chi connectivity index (χ3v) is 3.39. The molecule has 86 valence electrons. The molecule has 0 bridgehead atoms. The second-order valence-electron chi connectivity index (χ2n) is 2.69. The number of anilines is 1. The number of benzene rings is 1. The molecular weight excluding hydrogens is 246 g/mol. The van der Waals surface area contributed by atoms with Crippen molar-refractivity contribution in [2.45, 2.75) is 9.79 Å². The summed E-state index contributed by atoms with van der Waals surface area (Å²) >= 11 is 0. The van der Waals surface area contributed by atoms with Gasteiger partial charge in [0, 0.05) is 0 Å². The van der Waals surface area contributed by atoms with Gasteiger partial charge in [0.25, 0.3) is 10.1 Å². The van der Waals surface area contributed by atoms with E-state index in [-0.39, 0.29) is 5.69 Å². The monoisotopic (exact) mass is 255 g/mol. The molecule has 1 rings (SSSR count). The van der Waals surface area contributed by atoms with Crippen LogP contribution >= 0.6 is 10.9 Å². The van der Waals surface area contributed by atoms with Gasteiger partial charge in [0.2, 0.25) is 0 Å². The molecule has 15 heavy (non-hydrogen) atoms. The molecule has 0 aliphatic heterocycles. The van der Waals surface area contributed by atoms with Crippen molar-refractivity contribution in [2.75, 3.05) is 5.73 Å². The number of hydrogen-bond donors (Lipinski definition) is 5. The Kier molecular flexibility index (Phi) is 2.96. The fourth-order valence-electron chi connectivity index (χ4n) is 0.936. The molecule has 0 unspecified atom stereocenters. The highest BCUT2D eigenvalue weighted by Crippen LogP contribution is 2.46. The average Bonchev–Trinajstić information content (AvgIpc) is 1.99. The Morgan fingerprint density at radius 3 is 1.93 bits per heavy atom. The molecule has 0 aromatic heterocycles. The summed E-state index contributed by atoms with van der Waals surface area (Å²) in [6.45, 7) is 0. The first-order chi connectivity index (χ1) is 6.62. The second-order valence-corrected chi connectivity index (χ2v) is 5.59. The van der Waals surface area contributed by atoms with Crippen molar-refractivity contribution in [3.63, 3.8) is 0 Å². The van der Waals surface area contributed by atoms with E-state index in [1.807, 2.05) is 0 Å². The Morgan fingerprint density at radius 2 is 1.60 bits per heavy atom. The molecule has 0 aliphatic rings. The minimum Gasteiger partial charge on any atom is -0.398 e. The summed E-state index contributed by atoms with van der Waals surface area (Å²) < 4.78 is 56.6. The van der Waals surface area contributed by atoms with Gasteiger partial charge in [-0.2, -0.15) is 8.42 Å². The second kappa shape index (κ2) is 3.63. The Labute approximate surface area is 87.5 Å². The van der Waals surface area contributed by atoms with Gasteiger partial charge < -0.3 is 19.4 Å². The van der Waals surface area contributed by atoms with Crippen molar-refractivity contribution in [1.29, 1.82) is 0 Å². The molecule has 1 aromatic carbocycles. The van der Waals surface area contributed by atoms with E-state index in [1.54, 1.807) is 0 Å². The van der Waals surface area contributed by atoms with E-state index >= 15 is 0 Å². The lowest BCUT2D eigenvalue weighted by atomic mass is 10.3. The van der Waals surface area contributed by atoms with E-state index in [0.717, 1.165) is 18.2 Å². The molecule has 0 saturated carbocycles. The molecule has 7 nitrogen and oxygen atoms in total. The predicted molar refractivity (Wildman–Crippen MR) is 54.4 cm³/mol. The molecule has 0 saturated heterocycles. The summed E-state index contributed by atoms with van der Waals surface area (Å²) in [5.74, 6) is 0. The molecule has 0 heterocycles. The molecule has 0 amide bonds. The van der Waals surface area contributed by atoms with Crippen molar-refractivity contribution in [2.24, 2.45) is 0 Å². The first-order valence-corrected chi connectivity index (χ1v) is 6.44. The molecule has 6 N–H and O–H groups in total. The van der Waals surface area contributed by atoms with Crippen LogP contribution in [-0.4, -0.2) is 26.6 Å². The van der Waals surface area contributed by atoms with Gasteiger partial charge in [-0.3, -0.25) is 4.55 Å². The van der Waals surface area contributed by atoms with E-state index in [0.29, 0.717) is 0 Å². The van der Waals surface area contributed by atoms with Crippen molar-refractivity contribution in [1.82, 2.24) is 0 Å². The largest absolute Gasteiger partial charge is 0.398 e. The number of nitrogen functional groups attached to an aromatic ring is 1. The van der Waals surface area contributed by atoms with Gasteiger partial charge in [-0.1, -0.05) is 0 Å². The summed E-state index contributed by atoms with van der Waals surface area (Å²) in [7, 11) is -8.40. The quantitative estimate of drug-likeness (QED) is 0.393. The van der Waals surface area contributed by atoms with Crippen LogP contribution in [0.4, 0.5) is 5.69 Å². The maximum absolute atomic E-state index is 10.7. The molecule has 0 aliphatic carbocycles. The van der Waals surface area contributed by atoms with Crippen LogP contribution in [0.15, 0.2) is 28.0 Å². The third kappa shape index (κ3) is 2.81. The van der Waals surface area contributed by atoms with E-state index in [2.05, 4.69) is 0 Å². The van der Waals surface area contributed by atoms with Gasteiger partial charge in [-0.15, -0.1) is 0 Å². The molecule has 9 heteroatoms. The van der Waals surface area contributed by atoms with Crippen LogP contribution in [0.5, 0.6) is 0 Å². The Morgan fingerprint density at radius 1 is 1.07 bits per heavy atom. The molecule has 1 aromatic rings. The van der Waals surface area contributed by atoms with Crippen molar-refractivity contribution in [3.05, 3.63) is 18.2 Å². The Balaban J connectivity index is 3.34. The Bertz CT molecular complexity index is 477. The van der Waals surface area contributed by atoms with E-state index in [4.69, 9.17) is 23.9 Å². The smallest absolute Gasteiger partial charge is 0.294 e. The standard InChI is InChI=1S/C6H9NO6S2/c7-5-3-4(14(8,9)10)1-2-6(5)15(11,12)13/h1-3,11-13H,7H2,(H,8,9,10). The minimum atomic E-state index is -4.40. The van der Waals surface area contributed by atoms with Crippen LogP contribution in [-0.2, 0) is 10.1 Å². The summed E-state index contributed by atoms with van der Waals surface area (Å²) in [5.41, 5.74) is 4.93. The fourth-order valence-corrected chi connectivity index (χ4v) is 2.08. The molecule has 0 atom stereocenters. The third-order valence-electron chi connectivity index (χ3n) is 1.57. The van der Waals surface area contributed by atoms with E-state index in [1.165, 1.54) is 0 Å². The SMILES string of the molecule is Nc1cc(S(=O)(=O)O)ccc1S(O)(O)O. The highest BCUT2D eigenvalue weighted by Gasteiger charge is 2.21. The van der Waals surface area contributed by atoms with Crippen LogP contribution in [0.2, 0.25) is 0 Å². The van der Waals surface area contributed by atoms with Gasteiger partial charge in [-0.05, 0) is 18.2 Å². The lowest BCUT2D eigenvalue weighted by molar-refractivity contribution is 0.376. The van der Waals surface area contributed by atoms with Gasteiger partial charge in [0.15, 0.2) is 0 Å². The molecule has 0 fully saturated rings. The number of hydrogen-bond acceptors (Lipinski definition) is 6. The Hall–Kier alpha value is -0.840. The van der Waals surface area contributed by atoms with E-state index in [9.17, 15) is 8.42 Å². The van der Waals surface area contributed by atoms with E-state index < -0.39 is 30.8 Å². The van der Waals surface area contributed by atoms with Crippen LogP contribution < -0.4 is 5.73 Å². The summed E-state index contributed by atoms with van der Waals surface area (Å²) in [6, 6.07) is 2.62. The molecule has 0 radical (unpaired) electrons. The van der Waals surface area contributed by atoms with Crippen LogP contribution in [0, 0.1) is 0 Å². The van der Waals surface area contributed by atoms with Crippen LogP contribution in [0.1, 0.15) is 0 Å². The zero-order valence-electron chi connectivity index (χ0n) is 7.23. The van der Waals surface area contributed by atoms with Gasteiger partial charge in [-0.25, -0.2) is 0 Å². The number of nitrogens with two attached hydrogens (primary N) is 1. The molecule has 0 spiro atoms. The zero-order chi connectivity index (χ0) is 11.9. The minimum absolute atomic E-state index is 0.340. The zero-order valence-corrected chi connectivity index (χ0v) is 8.86. The van der Waals surface area contributed by atoms with Crippen molar-refractivity contribution in [3.8, 4) is 0 Å². The lowest BCUT2D eigenvalue weighted by Gasteiger charge is -2.20. The summed E-state index contributed by atoms with van der Waals surface area (Å²) in [4.78, 5) is -0.887. The molecular formula is C6H9NO6S2. The summed E-state index contributed by atoms with van der Waals surface area (Å²) in [6.07, 6.45) is 0. The topological polar surface area (TPSA) is 141 Å². The summed E-state index contributed by atoms with van der Waals surface area (Å²) in [5, 5.41) is 0. The van der Waals surface area contributed by atoms with Crippen molar-refractivity contribution >= 4 is 26.7 Å². The maximum atomic E-state index is 10.7. The van der Waals surface area contributed by atoms with Gasteiger partial charge in [0.1, 0.15) is 10.9 Å². The van der Waals surface area contributed by atoms with Gasteiger partial charge >= 0.3 is 0 Å². The fraction of sp³-hybridized carbons (Fsp3) is 0.